The van der Waals surface area contributed by atoms with Gasteiger partial charge in [0.1, 0.15) is 17.5 Å². The highest BCUT2D eigenvalue weighted by atomic mass is 15.1. The summed E-state index contributed by atoms with van der Waals surface area (Å²) < 4.78 is 0. The molecule has 102 valence electrons. The van der Waals surface area contributed by atoms with Crippen molar-refractivity contribution < 1.29 is 0 Å². The van der Waals surface area contributed by atoms with E-state index in [1.807, 2.05) is 20.0 Å². The highest BCUT2D eigenvalue weighted by Crippen LogP contribution is 2.16. The van der Waals surface area contributed by atoms with Gasteiger partial charge in [0.15, 0.2) is 0 Å². The van der Waals surface area contributed by atoms with E-state index in [2.05, 4.69) is 46.7 Å². The average Bonchev–Trinajstić information content (AvgIpc) is 2.24. The van der Waals surface area contributed by atoms with Gasteiger partial charge in [0.05, 0.1) is 0 Å². The number of nitrogens with zero attached hydrogens (tertiary/aromatic N) is 2. The van der Waals surface area contributed by atoms with Crippen LogP contribution in [0.15, 0.2) is 6.07 Å². The number of hydrogen-bond donors (Lipinski definition) is 3. The SMILES string of the molecule is CCCNc1cc(NC(C)(C)CNC)nc(C)n1. The van der Waals surface area contributed by atoms with E-state index < -0.39 is 0 Å². The molecule has 5 heteroatoms. The molecule has 0 atom stereocenters. The van der Waals surface area contributed by atoms with Crippen LogP contribution >= 0.6 is 0 Å². The number of nitrogens with one attached hydrogen (secondary N) is 3. The van der Waals surface area contributed by atoms with Crippen molar-refractivity contribution in [1.29, 1.82) is 0 Å². The molecule has 0 bridgehead atoms. The molecular weight excluding hydrogens is 226 g/mol. The molecule has 0 amide bonds. The number of rotatable bonds is 7. The van der Waals surface area contributed by atoms with Gasteiger partial charge in [0, 0.05) is 24.7 Å². The number of aromatic nitrogens is 2. The summed E-state index contributed by atoms with van der Waals surface area (Å²) in [7, 11) is 1.95. The van der Waals surface area contributed by atoms with Crippen molar-refractivity contribution >= 4 is 11.6 Å². The summed E-state index contributed by atoms with van der Waals surface area (Å²) in [6.45, 7) is 10.1. The molecule has 18 heavy (non-hydrogen) atoms. The molecule has 1 heterocycles. The fourth-order valence-corrected chi connectivity index (χ4v) is 1.81. The maximum atomic E-state index is 4.42. The van der Waals surface area contributed by atoms with Gasteiger partial charge in [0.25, 0.3) is 0 Å². The lowest BCUT2D eigenvalue weighted by Crippen LogP contribution is -2.41. The van der Waals surface area contributed by atoms with E-state index in [0.717, 1.165) is 37.0 Å². The lowest BCUT2D eigenvalue weighted by atomic mass is 10.1. The van der Waals surface area contributed by atoms with Crippen molar-refractivity contribution in [1.82, 2.24) is 15.3 Å². The third-order valence-corrected chi connectivity index (χ3v) is 2.48. The van der Waals surface area contributed by atoms with Gasteiger partial charge >= 0.3 is 0 Å². The molecule has 3 N–H and O–H groups in total. The van der Waals surface area contributed by atoms with Crippen molar-refractivity contribution in [3.63, 3.8) is 0 Å². The van der Waals surface area contributed by atoms with Crippen molar-refractivity contribution in [2.24, 2.45) is 0 Å². The van der Waals surface area contributed by atoms with E-state index in [1.54, 1.807) is 0 Å². The first-order chi connectivity index (χ1) is 8.46. The number of likely N-dealkylation sites (N-methyl/N-ethyl adjacent to an activating group) is 1. The van der Waals surface area contributed by atoms with Crippen molar-refractivity contribution in [2.75, 3.05) is 30.8 Å². The second-order valence-electron chi connectivity index (χ2n) is 5.15. The Balaban J connectivity index is 2.79. The smallest absolute Gasteiger partial charge is 0.132 e. The van der Waals surface area contributed by atoms with Crippen LogP contribution in [0.3, 0.4) is 0 Å². The lowest BCUT2D eigenvalue weighted by molar-refractivity contribution is 0.528. The largest absolute Gasteiger partial charge is 0.370 e. The molecule has 0 aliphatic heterocycles. The predicted molar refractivity (Wildman–Crippen MR) is 77.2 cm³/mol. The predicted octanol–water partition coefficient (Wildman–Crippen LogP) is 2.02. The number of aryl methyl sites for hydroxylation is 1. The average molecular weight is 251 g/mol. The number of hydrogen-bond acceptors (Lipinski definition) is 5. The minimum absolute atomic E-state index is 0.0441. The zero-order chi connectivity index (χ0) is 13.6. The van der Waals surface area contributed by atoms with E-state index >= 15 is 0 Å². The molecule has 0 fully saturated rings. The van der Waals surface area contributed by atoms with E-state index in [-0.39, 0.29) is 5.54 Å². The van der Waals surface area contributed by atoms with Gasteiger partial charge < -0.3 is 16.0 Å². The Morgan fingerprint density at radius 3 is 2.50 bits per heavy atom. The first-order valence-corrected chi connectivity index (χ1v) is 6.49. The van der Waals surface area contributed by atoms with Gasteiger partial charge in [-0.25, -0.2) is 9.97 Å². The van der Waals surface area contributed by atoms with Crippen LogP contribution in [0.2, 0.25) is 0 Å². The second kappa shape index (κ2) is 6.54. The standard InChI is InChI=1S/C13H25N5/c1-6-7-15-11-8-12(17-10(2)16-11)18-13(3,4)9-14-5/h8,14H,6-7,9H2,1-5H3,(H2,15,16,17,18). The first kappa shape index (κ1) is 14.7. The van der Waals surface area contributed by atoms with Gasteiger partial charge in [-0.05, 0) is 34.2 Å². The van der Waals surface area contributed by atoms with Crippen LogP contribution in [0.25, 0.3) is 0 Å². The van der Waals surface area contributed by atoms with Crippen LogP contribution in [0.5, 0.6) is 0 Å². The normalized spacial score (nSPS) is 11.4. The molecule has 0 saturated heterocycles. The fourth-order valence-electron chi connectivity index (χ4n) is 1.81. The monoisotopic (exact) mass is 251 g/mol. The minimum Gasteiger partial charge on any atom is -0.370 e. The van der Waals surface area contributed by atoms with Crippen molar-refractivity contribution in [3.8, 4) is 0 Å². The topological polar surface area (TPSA) is 61.9 Å². The van der Waals surface area contributed by atoms with Gasteiger partial charge in [-0.15, -0.1) is 0 Å². The molecule has 0 spiro atoms. The Bertz CT molecular complexity index is 376. The van der Waals surface area contributed by atoms with Gasteiger partial charge in [0.2, 0.25) is 0 Å². The molecule has 1 rings (SSSR count). The van der Waals surface area contributed by atoms with E-state index in [0.29, 0.717) is 0 Å². The van der Waals surface area contributed by atoms with Crippen LogP contribution in [0.1, 0.15) is 33.0 Å². The van der Waals surface area contributed by atoms with Crippen LogP contribution in [-0.2, 0) is 0 Å². The molecule has 1 aromatic heterocycles. The highest BCUT2D eigenvalue weighted by molar-refractivity contribution is 5.48. The Kier molecular flexibility index (Phi) is 5.34. The molecule has 1 aromatic rings. The summed E-state index contributed by atoms with van der Waals surface area (Å²) in [5, 5.41) is 9.88. The maximum Gasteiger partial charge on any atom is 0.132 e. The van der Waals surface area contributed by atoms with Crippen molar-refractivity contribution in [3.05, 3.63) is 11.9 Å². The van der Waals surface area contributed by atoms with Crippen LogP contribution in [0, 0.1) is 6.92 Å². The second-order valence-corrected chi connectivity index (χ2v) is 5.15. The lowest BCUT2D eigenvalue weighted by Gasteiger charge is -2.26. The molecule has 0 unspecified atom stereocenters. The van der Waals surface area contributed by atoms with Gasteiger partial charge in [-0.2, -0.15) is 0 Å². The summed E-state index contributed by atoms with van der Waals surface area (Å²) in [6, 6.07) is 1.96. The maximum absolute atomic E-state index is 4.42. The summed E-state index contributed by atoms with van der Waals surface area (Å²) in [5.41, 5.74) is -0.0441. The zero-order valence-corrected chi connectivity index (χ0v) is 12.1. The highest BCUT2D eigenvalue weighted by Gasteiger charge is 2.17. The third-order valence-electron chi connectivity index (χ3n) is 2.48. The summed E-state index contributed by atoms with van der Waals surface area (Å²) in [6.07, 6.45) is 1.08. The summed E-state index contributed by atoms with van der Waals surface area (Å²) in [5.74, 6) is 2.52. The molecule has 0 radical (unpaired) electrons. The quantitative estimate of drug-likeness (QED) is 0.692. The van der Waals surface area contributed by atoms with Crippen LogP contribution < -0.4 is 16.0 Å². The minimum atomic E-state index is -0.0441. The summed E-state index contributed by atoms with van der Waals surface area (Å²) in [4.78, 5) is 8.79. The molecule has 0 saturated carbocycles. The molecular formula is C13H25N5. The van der Waals surface area contributed by atoms with E-state index in [1.165, 1.54) is 0 Å². The van der Waals surface area contributed by atoms with Gasteiger partial charge in [-0.1, -0.05) is 6.92 Å². The summed E-state index contributed by atoms with van der Waals surface area (Å²) >= 11 is 0. The van der Waals surface area contributed by atoms with Gasteiger partial charge in [-0.3, -0.25) is 0 Å². The van der Waals surface area contributed by atoms with E-state index in [4.69, 9.17) is 0 Å². The molecule has 0 aliphatic rings. The van der Waals surface area contributed by atoms with Crippen molar-refractivity contribution in [2.45, 2.75) is 39.7 Å². The number of anilines is 2. The Morgan fingerprint density at radius 1 is 1.22 bits per heavy atom. The Labute approximate surface area is 110 Å². The van der Waals surface area contributed by atoms with Crippen LogP contribution in [-0.4, -0.2) is 35.6 Å². The Morgan fingerprint density at radius 2 is 1.89 bits per heavy atom. The third kappa shape index (κ3) is 4.87. The molecule has 0 aromatic carbocycles. The molecule has 0 aliphatic carbocycles. The Hall–Kier alpha value is -1.36. The van der Waals surface area contributed by atoms with E-state index in [9.17, 15) is 0 Å². The molecule has 5 nitrogen and oxygen atoms in total. The fraction of sp³-hybridized carbons (Fsp3) is 0.692. The zero-order valence-electron chi connectivity index (χ0n) is 12.1. The first-order valence-electron chi connectivity index (χ1n) is 6.49. The van der Waals surface area contributed by atoms with Crippen LogP contribution in [0.4, 0.5) is 11.6 Å².